The van der Waals surface area contributed by atoms with Crippen molar-refractivity contribution in [3.8, 4) is 17.2 Å². The fourth-order valence-corrected chi connectivity index (χ4v) is 2.80. The monoisotopic (exact) mass is 387 g/mol. The molecule has 7 heteroatoms. The summed E-state index contributed by atoms with van der Waals surface area (Å²) in [4.78, 5) is 12.4. The van der Waals surface area contributed by atoms with Gasteiger partial charge in [-0.2, -0.15) is 8.78 Å². The lowest BCUT2D eigenvalue weighted by Gasteiger charge is -2.12. The summed E-state index contributed by atoms with van der Waals surface area (Å²) >= 11 is 0. The van der Waals surface area contributed by atoms with Gasteiger partial charge >= 0.3 is 6.61 Å². The number of carbonyl (C=O) groups is 1. The van der Waals surface area contributed by atoms with E-state index in [4.69, 9.17) is 9.47 Å². The second-order valence-corrected chi connectivity index (χ2v) is 5.97. The van der Waals surface area contributed by atoms with E-state index in [1.165, 1.54) is 25.3 Å². The second-order valence-electron chi connectivity index (χ2n) is 5.97. The molecule has 0 spiro atoms. The highest BCUT2D eigenvalue weighted by atomic mass is 19.3. The standard InChI is InChI=1S/C21H19F2NO4/c1-26-17-7-5-14-9-13(3-4-15(14)10-17)12-24-20(25)16-6-8-18(28-21(22)23)19(11-16)27-2/h3-11,21H,12H2,1-2H3,(H,24,25). The van der Waals surface area contributed by atoms with Gasteiger partial charge in [0.15, 0.2) is 11.5 Å². The molecule has 146 valence electrons. The molecule has 0 aromatic heterocycles. The van der Waals surface area contributed by atoms with Crippen LogP contribution in [0.5, 0.6) is 17.2 Å². The van der Waals surface area contributed by atoms with Gasteiger partial charge in [-0.1, -0.05) is 18.2 Å². The van der Waals surface area contributed by atoms with E-state index in [0.717, 1.165) is 22.1 Å². The van der Waals surface area contributed by atoms with Gasteiger partial charge in [-0.15, -0.1) is 0 Å². The number of hydrogen-bond donors (Lipinski definition) is 1. The number of benzene rings is 3. The van der Waals surface area contributed by atoms with Crippen molar-refractivity contribution < 1.29 is 27.8 Å². The van der Waals surface area contributed by atoms with Crippen LogP contribution in [0.2, 0.25) is 0 Å². The SMILES string of the molecule is COc1ccc2cc(CNC(=O)c3ccc(OC(F)F)c(OC)c3)ccc2c1. The average molecular weight is 387 g/mol. The number of methoxy groups -OCH3 is 2. The van der Waals surface area contributed by atoms with E-state index >= 15 is 0 Å². The number of ether oxygens (including phenoxy) is 3. The Morgan fingerprint density at radius 2 is 1.68 bits per heavy atom. The highest BCUT2D eigenvalue weighted by Crippen LogP contribution is 2.29. The van der Waals surface area contributed by atoms with E-state index in [0.29, 0.717) is 6.54 Å². The molecule has 0 fully saturated rings. The van der Waals surface area contributed by atoms with E-state index in [1.807, 2.05) is 36.4 Å². The molecule has 1 amide bonds. The summed E-state index contributed by atoms with van der Waals surface area (Å²) in [6, 6.07) is 15.7. The van der Waals surface area contributed by atoms with Crippen LogP contribution in [0, 0.1) is 0 Å². The first-order valence-corrected chi connectivity index (χ1v) is 8.48. The van der Waals surface area contributed by atoms with Crippen LogP contribution in [0.4, 0.5) is 8.78 Å². The Morgan fingerprint density at radius 1 is 0.929 bits per heavy atom. The minimum absolute atomic E-state index is 0.0626. The minimum Gasteiger partial charge on any atom is -0.497 e. The molecule has 0 saturated carbocycles. The van der Waals surface area contributed by atoms with E-state index < -0.39 is 6.61 Å². The fraction of sp³-hybridized carbons (Fsp3) is 0.190. The Hall–Kier alpha value is -3.35. The minimum atomic E-state index is -2.97. The van der Waals surface area contributed by atoms with Crippen molar-refractivity contribution in [1.82, 2.24) is 5.32 Å². The van der Waals surface area contributed by atoms with Crippen LogP contribution in [0.15, 0.2) is 54.6 Å². The van der Waals surface area contributed by atoms with Crippen LogP contribution in [0.1, 0.15) is 15.9 Å². The van der Waals surface area contributed by atoms with Gasteiger partial charge in [0.05, 0.1) is 14.2 Å². The Kier molecular flexibility index (Phi) is 5.93. The predicted molar refractivity (Wildman–Crippen MR) is 101 cm³/mol. The number of alkyl halides is 2. The van der Waals surface area contributed by atoms with Gasteiger partial charge < -0.3 is 19.5 Å². The Balaban J connectivity index is 1.70. The fourth-order valence-electron chi connectivity index (χ4n) is 2.80. The van der Waals surface area contributed by atoms with Crippen LogP contribution in [0.3, 0.4) is 0 Å². The Labute approximate surface area is 160 Å². The summed E-state index contributed by atoms with van der Waals surface area (Å²) in [6.45, 7) is -2.65. The molecule has 0 bridgehead atoms. The first kappa shape index (κ1) is 19.4. The lowest BCUT2D eigenvalue weighted by atomic mass is 10.1. The second kappa shape index (κ2) is 8.56. The third-order valence-corrected chi connectivity index (χ3v) is 4.21. The molecule has 3 aromatic rings. The largest absolute Gasteiger partial charge is 0.497 e. The number of nitrogens with one attached hydrogen (secondary N) is 1. The summed E-state index contributed by atoms with van der Waals surface area (Å²) in [5.74, 6) is 0.366. The maximum atomic E-state index is 12.4. The Morgan fingerprint density at radius 3 is 2.39 bits per heavy atom. The zero-order valence-corrected chi connectivity index (χ0v) is 15.4. The normalized spacial score (nSPS) is 10.8. The third-order valence-electron chi connectivity index (χ3n) is 4.21. The summed E-state index contributed by atoms with van der Waals surface area (Å²) in [7, 11) is 2.94. The van der Waals surface area contributed by atoms with Crippen molar-refractivity contribution >= 4 is 16.7 Å². The van der Waals surface area contributed by atoms with Gasteiger partial charge in [0.25, 0.3) is 5.91 Å². The van der Waals surface area contributed by atoms with Crippen LogP contribution in [-0.4, -0.2) is 26.7 Å². The average Bonchev–Trinajstić information content (AvgIpc) is 2.71. The van der Waals surface area contributed by atoms with Crippen LogP contribution in [-0.2, 0) is 6.54 Å². The summed E-state index contributed by atoms with van der Waals surface area (Å²) in [5.41, 5.74) is 1.21. The molecule has 0 atom stereocenters. The van der Waals surface area contributed by atoms with Crippen LogP contribution >= 0.6 is 0 Å². The van der Waals surface area contributed by atoms with E-state index in [2.05, 4.69) is 10.1 Å². The van der Waals surface area contributed by atoms with Crippen molar-refractivity contribution in [2.45, 2.75) is 13.2 Å². The van der Waals surface area contributed by atoms with Crippen molar-refractivity contribution in [2.75, 3.05) is 14.2 Å². The zero-order chi connectivity index (χ0) is 20.1. The van der Waals surface area contributed by atoms with Crippen molar-refractivity contribution in [3.05, 3.63) is 65.7 Å². The maximum Gasteiger partial charge on any atom is 0.387 e. The predicted octanol–water partition coefficient (Wildman–Crippen LogP) is 4.39. The van der Waals surface area contributed by atoms with Crippen molar-refractivity contribution in [2.24, 2.45) is 0 Å². The molecule has 3 rings (SSSR count). The topological polar surface area (TPSA) is 56.8 Å². The van der Waals surface area contributed by atoms with Gasteiger partial charge in [-0.05, 0) is 52.7 Å². The van der Waals surface area contributed by atoms with Crippen LogP contribution in [0.25, 0.3) is 10.8 Å². The number of fused-ring (bicyclic) bond motifs is 1. The molecular formula is C21H19F2NO4. The van der Waals surface area contributed by atoms with Gasteiger partial charge in [-0.3, -0.25) is 4.79 Å². The first-order valence-electron chi connectivity index (χ1n) is 8.48. The summed E-state index contributed by atoms with van der Waals surface area (Å²) in [5, 5.41) is 4.87. The lowest BCUT2D eigenvalue weighted by Crippen LogP contribution is -2.22. The molecule has 0 aliphatic carbocycles. The number of hydrogen-bond acceptors (Lipinski definition) is 4. The molecule has 0 aliphatic heterocycles. The molecule has 0 heterocycles. The molecule has 0 radical (unpaired) electrons. The molecule has 1 N–H and O–H groups in total. The Bertz CT molecular complexity index is 991. The van der Waals surface area contributed by atoms with E-state index in [-0.39, 0.29) is 23.0 Å². The molecular weight excluding hydrogens is 368 g/mol. The number of carbonyl (C=O) groups excluding carboxylic acids is 1. The highest BCUT2D eigenvalue weighted by molar-refractivity contribution is 5.95. The summed E-state index contributed by atoms with van der Waals surface area (Å²) < 4.78 is 39.4. The molecule has 0 unspecified atom stereocenters. The number of rotatable bonds is 7. The van der Waals surface area contributed by atoms with E-state index in [9.17, 15) is 13.6 Å². The molecule has 0 saturated heterocycles. The van der Waals surface area contributed by atoms with Gasteiger partial charge in [0, 0.05) is 12.1 Å². The first-order chi connectivity index (χ1) is 13.5. The van der Waals surface area contributed by atoms with Gasteiger partial charge in [0.1, 0.15) is 5.75 Å². The lowest BCUT2D eigenvalue weighted by molar-refractivity contribution is -0.0512. The zero-order valence-electron chi connectivity index (χ0n) is 15.4. The van der Waals surface area contributed by atoms with Crippen LogP contribution < -0.4 is 19.5 Å². The highest BCUT2D eigenvalue weighted by Gasteiger charge is 2.14. The van der Waals surface area contributed by atoms with Crippen molar-refractivity contribution in [1.29, 1.82) is 0 Å². The summed E-state index contributed by atoms with van der Waals surface area (Å²) in [6.07, 6.45) is 0. The molecule has 3 aromatic carbocycles. The molecule has 5 nitrogen and oxygen atoms in total. The third kappa shape index (κ3) is 4.49. The number of amides is 1. The maximum absolute atomic E-state index is 12.4. The molecule has 28 heavy (non-hydrogen) atoms. The van der Waals surface area contributed by atoms with Gasteiger partial charge in [0.2, 0.25) is 0 Å². The van der Waals surface area contributed by atoms with Crippen molar-refractivity contribution in [3.63, 3.8) is 0 Å². The quantitative estimate of drug-likeness (QED) is 0.653. The van der Waals surface area contributed by atoms with E-state index in [1.54, 1.807) is 7.11 Å². The smallest absolute Gasteiger partial charge is 0.387 e. The molecule has 0 aliphatic rings. The number of halogens is 2. The van der Waals surface area contributed by atoms with Gasteiger partial charge in [-0.25, -0.2) is 0 Å².